The van der Waals surface area contributed by atoms with Gasteiger partial charge in [0.25, 0.3) is 9.84 Å². The van der Waals surface area contributed by atoms with Crippen molar-refractivity contribution in [3.63, 3.8) is 0 Å². The first-order valence-corrected chi connectivity index (χ1v) is 7.54. The highest BCUT2D eigenvalue weighted by atomic mass is 127. The van der Waals surface area contributed by atoms with Crippen molar-refractivity contribution in [3.8, 4) is 5.40 Å². The Bertz CT molecular complexity index is 619. The maximum Gasteiger partial charge on any atom is 0.269 e. The maximum absolute atomic E-state index is 10.8. The number of benzene rings is 2. The average Bonchev–Trinajstić information content (AvgIpc) is 2.41. The van der Waals surface area contributed by atoms with E-state index in [4.69, 9.17) is 5.26 Å². The summed E-state index contributed by atoms with van der Waals surface area (Å²) in [6.07, 6.45) is 0. The van der Waals surface area contributed by atoms with Crippen LogP contribution in [-0.2, 0) is 9.84 Å². The van der Waals surface area contributed by atoms with E-state index in [0.717, 1.165) is 0 Å². The van der Waals surface area contributed by atoms with E-state index in [-0.39, 0.29) is 4.90 Å². The smallest absolute Gasteiger partial charge is 0.208 e. The monoisotopic (exact) mass is 371 g/mol. The van der Waals surface area contributed by atoms with Gasteiger partial charge in [0.15, 0.2) is 5.40 Å². The van der Waals surface area contributed by atoms with Crippen LogP contribution in [0.3, 0.4) is 0 Å². The zero-order valence-electron chi connectivity index (χ0n) is 9.32. The molecule has 2 aromatic carbocycles. The Labute approximate surface area is 120 Å². The van der Waals surface area contributed by atoms with Crippen molar-refractivity contribution in [1.29, 1.82) is 5.26 Å². The Kier molecular flexibility index (Phi) is 5.82. The van der Waals surface area contributed by atoms with Crippen LogP contribution < -0.4 is 0 Å². The summed E-state index contributed by atoms with van der Waals surface area (Å²) in [4.78, 5) is 0.0440. The molecule has 0 bridgehead atoms. The van der Waals surface area contributed by atoms with Gasteiger partial charge in [-0.2, -0.15) is 5.26 Å². The van der Waals surface area contributed by atoms with Gasteiger partial charge in [-0.15, -0.1) is 0 Å². The number of rotatable bonds is 1. The van der Waals surface area contributed by atoms with Gasteiger partial charge in [-0.3, -0.25) is 0 Å². The molecule has 0 spiro atoms. The second-order valence-electron chi connectivity index (χ2n) is 3.20. The van der Waals surface area contributed by atoms with Crippen molar-refractivity contribution >= 4 is 32.4 Å². The number of hydrogen-bond donors (Lipinski definition) is 0. The molecule has 0 unspecified atom stereocenters. The Hall–Kier alpha value is -1.39. The molecule has 0 N–H and O–H groups in total. The van der Waals surface area contributed by atoms with Crippen LogP contribution in [0, 0.1) is 14.2 Å². The van der Waals surface area contributed by atoms with E-state index in [1.54, 1.807) is 18.2 Å². The summed E-state index contributed by atoms with van der Waals surface area (Å²) in [5.74, 6) is 0. The quantitative estimate of drug-likeness (QED) is 0.439. The first-order valence-electron chi connectivity index (χ1n) is 4.98. The van der Waals surface area contributed by atoms with Crippen molar-refractivity contribution in [1.82, 2.24) is 0 Å². The third-order valence-electron chi connectivity index (χ3n) is 1.91. The van der Waals surface area contributed by atoms with Crippen LogP contribution in [-0.4, -0.2) is 8.42 Å². The van der Waals surface area contributed by atoms with E-state index in [2.05, 4.69) is 34.7 Å². The summed E-state index contributed by atoms with van der Waals surface area (Å²) in [5, 5.41) is 9.44. The molecule has 2 aromatic rings. The lowest BCUT2D eigenvalue weighted by Crippen LogP contribution is -1.94. The topological polar surface area (TPSA) is 57.9 Å². The molecule has 0 aliphatic rings. The van der Waals surface area contributed by atoms with E-state index >= 15 is 0 Å². The van der Waals surface area contributed by atoms with Crippen LogP contribution in [0.4, 0.5) is 0 Å². The lowest BCUT2D eigenvalue weighted by molar-refractivity contribution is 0.605. The van der Waals surface area contributed by atoms with E-state index in [1.165, 1.54) is 21.1 Å². The van der Waals surface area contributed by atoms with Crippen LogP contribution in [0.25, 0.3) is 0 Å². The van der Waals surface area contributed by atoms with E-state index < -0.39 is 9.84 Å². The van der Waals surface area contributed by atoms with Crippen molar-refractivity contribution in [2.75, 3.05) is 0 Å². The molecule has 3 nitrogen and oxygen atoms in total. The SMILES string of the molecule is Ic1ccccc1.N#CS(=O)(=O)c1ccccc1. The van der Waals surface area contributed by atoms with Gasteiger partial charge in [-0.25, -0.2) is 8.42 Å². The van der Waals surface area contributed by atoms with Gasteiger partial charge in [0, 0.05) is 3.57 Å². The Morgan fingerprint density at radius 2 is 1.33 bits per heavy atom. The number of nitriles is 1. The molecule has 0 fully saturated rings. The number of thiocyanates is 1. The van der Waals surface area contributed by atoms with Crippen LogP contribution in [0.15, 0.2) is 65.6 Å². The van der Waals surface area contributed by atoms with E-state index in [1.807, 2.05) is 18.2 Å². The minimum Gasteiger partial charge on any atom is -0.208 e. The fourth-order valence-electron chi connectivity index (χ4n) is 1.07. The highest BCUT2D eigenvalue weighted by Gasteiger charge is 2.10. The first kappa shape index (κ1) is 14.7. The van der Waals surface area contributed by atoms with Gasteiger partial charge in [-0.1, -0.05) is 36.4 Å². The first-order chi connectivity index (χ1) is 8.56. The van der Waals surface area contributed by atoms with Gasteiger partial charge in [-0.05, 0) is 46.9 Å². The van der Waals surface area contributed by atoms with E-state index in [0.29, 0.717) is 0 Å². The summed E-state index contributed by atoms with van der Waals surface area (Å²) < 4.78 is 23.0. The molecule has 0 saturated heterocycles. The second-order valence-corrected chi connectivity index (χ2v) is 6.11. The van der Waals surface area contributed by atoms with Gasteiger partial charge in [0.05, 0.1) is 4.90 Å². The summed E-state index contributed by atoms with van der Waals surface area (Å²) >= 11 is 2.28. The number of sulfone groups is 1. The molecule has 0 amide bonds. The Balaban J connectivity index is 0.000000199. The number of nitrogens with zero attached hydrogens (tertiary/aromatic N) is 1. The minimum absolute atomic E-state index is 0.0440. The van der Waals surface area contributed by atoms with Crippen molar-refractivity contribution in [3.05, 3.63) is 64.2 Å². The molecular weight excluding hydrogens is 361 g/mol. The van der Waals surface area contributed by atoms with Crippen molar-refractivity contribution in [2.24, 2.45) is 0 Å². The fraction of sp³-hybridized carbons (Fsp3) is 0. The normalized spacial score (nSPS) is 9.78. The number of halogens is 1. The second kappa shape index (κ2) is 7.13. The minimum atomic E-state index is -3.69. The third kappa shape index (κ3) is 4.85. The third-order valence-corrected chi connectivity index (χ3v) is 3.76. The van der Waals surface area contributed by atoms with Gasteiger partial charge in [0.2, 0.25) is 0 Å². The zero-order chi connectivity index (χ0) is 13.4. The van der Waals surface area contributed by atoms with Gasteiger partial charge < -0.3 is 0 Å². The standard InChI is InChI=1S/C7H5NO2S.C6H5I/c8-6-11(9,10)7-4-2-1-3-5-7;7-6-4-2-1-3-5-6/h1-5H;1-5H. The molecule has 2 rings (SSSR count). The molecule has 0 atom stereocenters. The summed E-state index contributed by atoms with van der Waals surface area (Å²) in [6, 6.07) is 17.8. The van der Waals surface area contributed by atoms with Crippen LogP contribution in [0.2, 0.25) is 0 Å². The van der Waals surface area contributed by atoms with Crippen LogP contribution >= 0.6 is 22.6 Å². The average molecular weight is 371 g/mol. The molecule has 0 heterocycles. The molecule has 0 saturated carbocycles. The molecule has 0 aliphatic heterocycles. The van der Waals surface area contributed by atoms with E-state index in [9.17, 15) is 8.42 Å². The fourth-order valence-corrected chi connectivity index (χ4v) is 2.10. The van der Waals surface area contributed by atoms with Crippen LogP contribution in [0.1, 0.15) is 0 Å². The van der Waals surface area contributed by atoms with Crippen molar-refractivity contribution < 1.29 is 8.42 Å². The Morgan fingerprint density at radius 1 is 0.889 bits per heavy atom. The predicted octanol–water partition coefficient (Wildman–Crippen LogP) is 3.23. The summed E-state index contributed by atoms with van der Waals surface area (Å²) in [6.45, 7) is 0. The van der Waals surface area contributed by atoms with Crippen LogP contribution in [0.5, 0.6) is 0 Å². The summed E-state index contributed by atoms with van der Waals surface area (Å²) in [7, 11) is -3.69. The molecular formula is C13H10INO2S. The predicted molar refractivity (Wildman–Crippen MR) is 78.4 cm³/mol. The lowest BCUT2D eigenvalue weighted by Gasteiger charge is -1.91. The summed E-state index contributed by atoms with van der Waals surface area (Å²) in [5.41, 5.74) is 0. The van der Waals surface area contributed by atoms with Crippen molar-refractivity contribution in [2.45, 2.75) is 4.90 Å². The lowest BCUT2D eigenvalue weighted by atomic mass is 10.4. The largest absolute Gasteiger partial charge is 0.269 e. The molecule has 0 aromatic heterocycles. The Morgan fingerprint density at radius 3 is 1.67 bits per heavy atom. The molecule has 0 radical (unpaired) electrons. The molecule has 5 heteroatoms. The van der Waals surface area contributed by atoms with Gasteiger partial charge >= 0.3 is 0 Å². The molecule has 0 aliphatic carbocycles. The van der Waals surface area contributed by atoms with Gasteiger partial charge in [0.1, 0.15) is 0 Å². The molecule has 18 heavy (non-hydrogen) atoms. The number of hydrogen-bond acceptors (Lipinski definition) is 3. The maximum atomic E-state index is 10.8. The zero-order valence-corrected chi connectivity index (χ0v) is 12.3. The molecule has 92 valence electrons. The highest BCUT2D eigenvalue weighted by Crippen LogP contribution is 2.07. The highest BCUT2D eigenvalue weighted by molar-refractivity contribution is 14.1.